The van der Waals surface area contributed by atoms with E-state index in [-0.39, 0.29) is 11.9 Å². The van der Waals surface area contributed by atoms with Crippen LogP contribution in [0.25, 0.3) is 0 Å². The van der Waals surface area contributed by atoms with E-state index in [0.717, 1.165) is 25.4 Å². The van der Waals surface area contributed by atoms with E-state index in [1.54, 1.807) is 6.07 Å². The van der Waals surface area contributed by atoms with Crippen LogP contribution in [0.5, 0.6) is 0 Å². The summed E-state index contributed by atoms with van der Waals surface area (Å²) in [5, 5.41) is 7.91. The second kappa shape index (κ2) is 4.94. The molecule has 1 aromatic carbocycles. The Morgan fingerprint density at radius 2 is 2.35 bits per heavy atom. The maximum absolute atomic E-state index is 7.38. The van der Waals surface area contributed by atoms with E-state index in [4.69, 9.17) is 27.5 Å². The predicted molar refractivity (Wildman–Crippen MR) is 70.1 cm³/mol. The van der Waals surface area contributed by atoms with Gasteiger partial charge in [-0.05, 0) is 25.1 Å². The minimum absolute atomic E-state index is 0.00287. The first-order chi connectivity index (χ1) is 8.08. The Morgan fingerprint density at radius 1 is 1.59 bits per heavy atom. The van der Waals surface area contributed by atoms with Gasteiger partial charge in [0, 0.05) is 24.3 Å². The molecular formula is C12H16ClN3O. The summed E-state index contributed by atoms with van der Waals surface area (Å²) in [6, 6.07) is 5.59. The molecule has 2 rings (SSSR count). The summed E-state index contributed by atoms with van der Waals surface area (Å²) in [6.07, 6.45) is 0.231. The Kier molecular flexibility index (Phi) is 3.54. The molecule has 1 aromatic rings. The van der Waals surface area contributed by atoms with Crippen molar-refractivity contribution in [1.29, 1.82) is 5.41 Å². The maximum Gasteiger partial charge on any atom is 0.124 e. The standard InChI is InChI=1S/C12H16ClN3O/c1-8-7-16(4-5-17-8)9-2-3-10(12(14)15)11(13)6-9/h2-3,6,8H,4-5,7H2,1H3,(H3,14,15). The lowest BCUT2D eigenvalue weighted by Gasteiger charge is -2.33. The Bertz CT molecular complexity index is 436. The topological polar surface area (TPSA) is 62.3 Å². The zero-order valence-electron chi connectivity index (χ0n) is 9.74. The van der Waals surface area contributed by atoms with Crippen LogP contribution in [0, 0.1) is 5.41 Å². The molecule has 1 fully saturated rings. The maximum atomic E-state index is 7.38. The Labute approximate surface area is 106 Å². The van der Waals surface area contributed by atoms with E-state index >= 15 is 0 Å². The highest BCUT2D eigenvalue weighted by atomic mass is 35.5. The fourth-order valence-electron chi connectivity index (χ4n) is 1.97. The highest BCUT2D eigenvalue weighted by Crippen LogP contribution is 2.24. The summed E-state index contributed by atoms with van der Waals surface area (Å²) in [5.41, 5.74) is 7.06. The first-order valence-electron chi connectivity index (χ1n) is 5.58. The van der Waals surface area contributed by atoms with Gasteiger partial charge in [-0.2, -0.15) is 0 Å². The van der Waals surface area contributed by atoms with Crippen molar-refractivity contribution in [2.24, 2.45) is 5.73 Å². The number of nitrogens with zero attached hydrogens (tertiary/aromatic N) is 1. The zero-order valence-corrected chi connectivity index (χ0v) is 10.5. The molecule has 3 N–H and O–H groups in total. The van der Waals surface area contributed by atoms with Crippen molar-refractivity contribution in [1.82, 2.24) is 0 Å². The van der Waals surface area contributed by atoms with Crippen LogP contribution in [0.4, 0.5) is 5.69 Å². The van der Waals surface area contributed by atoms with Gasteiger partial charge >= 0.3 is 0 Å². The van der Waals surface area contributed by atoms with Crippen molar-refractivity contribution in [3.8, 4) is 0 Å². The molecule has 1 saturated heterocycles. The average molecular weight is 254 g/mol. The molecule has 0 aromatic heterocycles. The van der Waals surface area contributed by atoms with Gasteiger partial charge in [0.2, 0.25) is 0 Å². The van der Waals surface area contributed by atoms with E-state index in [2.05, 4.69) is 11.8 Å². The van der Waals surface area contributed by atoms with Crippen LogP contribution < -0.4 is 10.6 Å². The van der Waals surface area contributed by atoms with Crippen LogP contribution in [0.15, 0.2) is 18.2 Å². The summed E-state index contributed by atoms with van der Waals surface area (Å²) in [6.45, 7) is 4.50. The van der Waals surface area contributed by atoms with Gasteiger partial charge in [0.25, 0.3) is 0 Å². The van der Waals surface area contributed by atoms with Crippen molar-refractivity contribution in [3.05, 3.63) is 28.8 Å². The lowest BCUT2D eigenvalue weighted by Crippen LogP contribution is -2.41. The number of rotatable bonds is 2. The van der Waals surface area contributed by atoms with E-state index < -0.39 is 0 Å². The monoisotopic (exact) mass is 253 g/mol. The molecule has 0 saturated carbocycles. The zero-order chi connectivity index (χ0) is 12.4. The first kappa shape index (κ1) is 12.2. The number of nitrogens with two attached hydrogens (primary N) is 1. The molecule has 0 aliphatic carbocycles. The number of hydrogen-bond donors (Lipinski definition) is 2. The summed E-state index contributed by atoms with van der Waals surface area (Å²) in [4.78, 5) is 2.23. The molecule has 0 radical (unpaired) electrons. The van der Waals surface area contributed by atoms with Crippen LogP contribution in [0.3, 0.4) is 0 Å². The van der Waals surface area contributed by atoms with Crippen molar-refractivity contribution in [3.63, 3.8) is 0 Å². The number of ether oxygens (including phenoxy) is 1. The number of morpholine rings is 1. The van der Waals surface area contributed by atoms with Crippen LogP contribution >= 0.6 is 11.6 Å². The number of hydrogen-bond acceptors (Lipinski definition) is 3. The number of anilines is 1. The normalized spacial score (nSPS) is 20.4. The molecule has 5 heteroatoms. The Balaban J connectivity index is 2.22. The van der Waals surface area contributed by atoms with Crippen molar-refractivity contribution in [2.45, 2.75) is 13.0 Å². The molecule has 0 amide bonds. The molecule has 1 atom stereocenters. The molecule has 17 heavy (non-hydrogen) atoms. The second-order valence-corrected chi connectivity index (χ2v) is 4.61. The molecular weight excluding hydrogens is 238 g/mol. The third-order valence-corrected chi connectivity index (χ3v) is 3.16. The summed E-state index contributed by atoms with van der Waals surface area (Å²) in [7, 11) is 0. The third-order valence-electron chi connectivity index (χ3n) is 2.85. The van der Waals surface area contributed by atoms with Gasteiger partial charge in [0.15, 0.2) is 0 Å². The molecule has 1 aliphatic rings. The van der Waals surface area contributed by atoms with Gasteiger partial charge in [-0.1, -0.05) is 11.6 Å². The number of halogens is 1. The SMILES string of the molecule is CC1CN(c2ccc(C(=N)N)c(Cl)c2)CCO1. The van der Waals surface area contributed by atoms with Gasteiger partial charge < -0.3 is 15.4 Å². The van der Waals surface area contributed by atoms with Crippen molar-refractivity contribution >= 4 is 23.1 Å². The lowest BCUT2D eigenvalue weighted by atomic mass is 10.1. The molecule has 1 heterocycles. The molecule has 0 bridgehead atoms. The number of amidine groups is 1. The second-order valence-electron chi connectivity index (χ2n) is 4.21. The third kappa shape index (κ3) is 2.70. The highest BCUT2D eigenvalue weighted by Gasteiger charge is 2.17. The van der Waals surface area contributed by atoms with E-state index in [0.29, 0.717) is 10.6 Å². The largest absolute Gasteiger partial charge is 0.384 e. The minimum Gasteiger partial charge on any atom is -0.384 e. The number of nitrogen functional groups attached to an aromatic ring is 1. The molecule has 1 aliphatic heterocycles. The first-order valence-corrected chi connectivity index (χ1v) is 5.96. The van der Waals surface area contributed by atoms with Crippen LogP contribution in [0.1, 0.15) is 12.5 Å². The summed E-state index contributed by atoms with van der Waals surface area (Å²) < 4.78 is 5.49. The highest BCUT2D eigenvalue weighted by molar-refractivity contribution is 6.34. The minimum atomic E-state index is -0.00287. The summed E-state index contributed by atoms with van der Waals surface area (Å²) in [5.74, 6) is -0.00287. The fraction of sp³-hybridized carbons (Fsp3) is 0.417. The van der Waals surface area contributed by atoms with Crippen molar-refractivity contribution < 1.29 is 4.74 Å². The van der Waals surface area contributed by atoms with Gasteiger partial charge in [0.05, 0.1) is 17.7 Å². The van der Waals surface area contributed by atoms with Crippen LogP contribution in [0.2, 0.25) is 5.02 Å². The Morgan fingerprint density at radius 3 is 2.94 bits per heavy atom. The molecule has 4 nitrogen and oxygen atoms in total. The van der Waals surface area contributed by atoms with Crippen LogP contribution in [-0.4, -0.2) is 31.6 Å². The van der Waals surface area contributed by atoms with Gasteiger partial charge in [-0.25, -0.2) is 0 Å². The van der Waals surface area contributed by atoms with Crippen molar-refractivity contribution in [2.75, 3.05) is 24.6 Å². The molecule has 0 spiro atoms. The van der Waals surface area contributed by atoms with E-state index in [1.165, 1.54) is 0 Å². The Hall–Kier alpha value is -1.26. The average Bonchev–Trinajstić information content (AvgIpc) is 2.28. The van der Waals surface area contributed by atoms with E-state index in [1.807, 2.05) is 12.1 Å². The van der Waals surface area contributed by atoms with E-state index in [9.17, 15) is 0 Å². The molecule has 1 unspecified atom stereocenters. The smallest absolute Gasteiger partial charge is 0.124 e. The van der Waals surface area contributed by atoms with Gasteiger partial charge in [-0.15, -0.1) is 0 Å². The predicted octanol–water partition coefficient (Wildman–Crippen LogP) is 1.85. The molecule has 92 valence electrons. The number of benzene rings is 1. The van der Waals surface area contributed by atoms with Crippen LogP contribution in [-0.2, 0) is 4.74 Å². The summed E-state index contributed by atoms with van der Waals surface area (Å²) >= 11 is 6.10. The quantitative estimate of drug-likeness (QED) is 0.625. The van der Waals surface area contributed by atoms with Gasteiger partial charge in [-0.3, -0.25) is 5.41 Å². The number of nitrogens with one attached hydrogen (secondary N) is 1. The lowest BCUT2D eigenvalue weighted by molar-refractivity contribution is 0.0532. The fourth-order valence-corrected chi connectivity index (χ4v) is 2.25. The van der Waals surface area contributed by atoms with Gasteiger partial charge in [0.1, 0.15) is 5.84 Å².